The number of hydrogen-bond donors (Lipinski definition) is 1. The van der Waals surface area contributed by atoms with Crippen molar-refractivity contribution in [2.45, 2.75) is 18.4 Å². The van der Waals surface area contributed by atoms with Crippen LogP contribution in [0.2, 0.25) is 5.02 Å². The second kappa shape index (κ2) is 8.39. The van der Waals surface area contributed by atoms with E-state index in [4.69, 9.17) is 16.6 Å². The number of rotatable bonds is 6. The quantitative estimate of drug-likeness (QED) is 0.343. The van der Waals surface area contributed by atoms with Crippen LogP contribution in [0.1, 0.15) is 18.5 Å². The second-order valence-electron chi connectivity index (χ2n) is 8.72. The molecule has 1 atom stereocenters. The maximum Gasteiger partial charge on any atom is 0.139 e. The van der Waals surface area contributed by atoms with Crippen LogP contribution in [0.3, 0.4) is 0 Å². The molecule has 1 saturated carbocycles. The number of nitrogens with zero attached hydrogens (tertiary/aromatic N) is 5. The van der Waals surface area contributed by atoms with Crippen molar-refractivity contribution in [3.05, 3.63) is 84.0 Å². The molecule has 1 N–H and O–H groups in total. The zero-order valence-electron chi connectivity index (χ0n) is 18.7. The number of imidazole rings is 1. The van der Waals surface area contributed by atoms with Crippen molar-refractivity contribution in [1.82, 2.24) is 29.0 Å². The monoisotopic (exact) mass is 503 g/mol. The number of nitrogens with one attached hydrogen (secondary N) is 1. The number of aromatic nitrogens is 5. The Hall–Kier alpha value is -3.37. The van der Waals surface area contributed by atoms with E-state index in [2.05, 4.69) is 14.8 Å². The van der Waals surface area contributed by atoms with E-state index in [1.807, 2.05) is 78.6 Å². The fraction of sp³-hybridized carbons (Fsp3) is 0.160. The molecule has 35 heavy (non-hydrogen) atoms. The molecule has 1 fully saturated rings. The Morgan fingerprint density at radius 1 is 1.09 bits per heavy atom. The van der Waals surface area contributed by atoms with Gasteiger partial charge in [-0.1, -0.05) is 35.9 Å². The molecule has 0 spiro atoms. The molecular weight excluding hydrogens is 484 g/mol. The summed E-state index contributed by atoms with van der Waals surface area (Å²) in [5.41, 5.74) is 5.39. The van der Waals surface area contributed by atoms with E-state index in [0.717, 1.165) is 33.3 Å². The molecule has 0 aliphatic heterocycles. The van der Waals surface area contributed by atoms with E-state index in [1.165, 1.54) is 0 Å². The van der Waals surface area contributed by atoms with Crippen LogP contribution in [-0.2, 0) is 23.9 Å². The first-order valence-electron chi connectivity index (χ1n) is 11.0. The van der Waals surface area contributed by atoms with E-state index >= 15 is 0 Å². The molecule has 0 amide bonds. The largest absolute Gasteiger partial charge is 0.760 e. The Morgan fingerprint density at radius 3 is 2.63 bits per heavy atom. The van der Waals surface area contributed by atoms with Gasteiger partial charge in [-0.25, -0.2) is 14.7 Å². The first-order valence-corrected chi connectivity index (χ1v) is 12.5. The molecule has 0 saturated heterocycles. The Labute approximate surface area is 209 Å². The standard InChI is InChI=1S/C25H21ClN6O2S/c1-31-14-18(13-28-31)16-6-7-22-21(10-16)27-15-32(22)24-12-17(19-4-2-3-5-20(19)26)11-23(29-24)25(8-9-25)30-35(33)34/h2-7,10-15,30H,8-9H2,1H3,(H,33,34)/p-1. The summed E-state index contributed by atoms with van der Waals surface area (Å²) in [4.78, 5) is 9.50. The van der Waals surface area contributed by atoms with E-state index in [0.29, 0.717) is 29.4 Å². The SMILES string of the molecule is Cn1cc(-c2ccc3c(c2)ncn3-c2cc(-c3ccccc3Cl)cc(C3(NS(=O)[O-])CC3)n2)cn1. The first kappa shape index (κ1) is 22.1. The van der Waals surface area contributed by atoms with Crippen molar-refractivity contribution >= 4 is 33.9 Å². The van der Waals surface area contributed by atoms with Gasteiger partial charge in [0, 0.05) is 40.7 Å². The van der Waals surface area contributed by atoms with Crippen LogP contribution in [0.25, 0.3) is 39.1 Å². The highest BCUT2D eigenvalue weighted by Gasteiger charge is 2.46. The predicted molar refractivity (Wildman–Crippen MR) is 134 cm³/mol. The molecule has 1 aliphatic carbocycles. The smallest absolute Gasteiger partial charge is 0.139 e. The number of halogens is 1. The molecule has 176 valence electrons. The van der Waals surface area contributed by atoms with Crippen LogP contribution in [0, 0.1) is 0 Å². The number of aryl methyl sites for hydroxylation is 1. The fourth-order valence-corrected chi connectivity index (χ4v) is 5.25. The highest BCUT2D eigenvalue weighted by atomic mass is 35.5. The number of pyridine rings is 1. The molecule has 0 radical (unpaired) electrons. The van der Waals surface area contributed by atoms with E-state index in [1.54, 1.807) is 11.0 Å². The molecule has 6 rings (SSSR count). The second-order valence-corrected chi connectivity index (χ2v) is 9.80. The lowest BCUT2D eigenvalue weighted by Gasteiger charge is -2.20. The van der Waals surface area contributed by atoms with Gasteiger partial charge in [-0.15, -0.1) is 0 Å². The Kier molecular flexibility index (Phi) is 5.30. The molecular formula is C25H20ClN6O2S-. The third kappa shape index (κ3) is 4.06. The zero-order chi connectivity index (χ0) is 24.2. The van der Waals surface area contributed by atoms with Gasteiger partial charge in [-0.2, -0.15) is 5.10 Å². The minimum Gasteiger partial charge on any atom is -0.760 e. The average Bonchev–Trinajstić information content (AvgIpc) is 3.29. The summed E-state index contributed by atoms with van der Waals surface area (Å²) >= 11 is 4.11. The predicted octanol–water partition coefficient (Wildman–Crippen LogP) is 4.51. The van der Waals surface area contributed by atoms with Gasteiger partial charge in [-0.3, -0.25) is 13.5 Å². The van der Waals surface area contributed by atoms with Gasteiger partial charge in [-0.05, 0) is 54.3 Å². The number of hydrogen-bond acceptors (Lipinski definition) is 5. The third-order valence-electron chi connectivity index (χ3n) is 6.35. The van der Waals surface area contributed by atoms with Gasteiger partial charge < -0.3 is 4.55 Å². The first-order chi connectivity index (χ1) is 16.9. The molecule has 1 aliphatic rings. The Bertz CT molecular complexity index is 1610. The molecule has 3 aromatic heterocycles. The van der Waals surface area contributed by atoms with Gasteiger partial charge in [0.15, 0.2) is 0 Å². The van der Waals surface area contributed by atoms with Crippen LogP contribution in [0.4, 0.5) is 0 Å². The van der Waals surface area contributed by atoms with Crippen LogP contribution < -0.4 is 4.72 Å². The van der Waals surface area contributed by atoms with Crippen molar-refractivity contribution < 1.29 is 8.76 Å². The lowest BCUT2D eigenvalue weighted by atomic mass is 10.0. The van der Waals surface area contributed by atoms with Gasteiger partial charge >= 0.3 is 0 Å². The Balaban J connectivity index is 1.50. The lowest BCUT2D eigenvalue weighted by molar-refractivity contribution is 0.498. The Morgan fingerprint density at radius 2 is 1.91 bits per heavy atom. The number of benzene rings is 2. The summed E-state index contributed by atoms with van der Waals surface area (Å²) < 4.78 is 29.3. The van der Waals surface area contributed by atoms with Crippen molar-refractivity contribution in [2.75, 3.05) is 0 Å². The summed E-state index contributed by atoms with van der Waals surface area (Å²) in [7, 11) is 1.88. The van der Waals surface area contributed by atoms with Gasteiger partial charge in [0.05, 0.1) is 28.5 Å². The summed E-state index contributed by atoms with van der Waals surface area (Å²) in [6.07, 6.45) is 6.87. The van der Waals surface area contributed by atoms with Gasteiger partial charge in [0.2, 0.25) is 0 Å². The van der Waals surface area contributed by atoms with Crippen molar-refractivity contribution in [3.63, 3.8) is 0 Å². The van der Waals surface area contributed by atoms with Crippen molar-refractivity contribution in [3.8, 4) is 28.1 Å². The van der Waals surface area contributed by atoms with Crippen LogP contribution in [0.15, 0.2) is 73.3 Å². The summed E-state index contributed by atoms with van der Waals surface area (Å²) in [5.74, 6) is 0.638. The zero-order valence-corrected chi connectivity index (χ0v) is 20.3. The molecule has 5 aromatic rings. The van der Waals surface area contributed by atoms with E-state index in [-0.39, 0.29) is 0 Å². The highest BCUT2D eigenvalue weighted by molar-refractivity contribution is 7.77. The van der Waals surface area contributed by atoms with Crippen LogP contribution in [0.5, 0.6) is 0 Å². The number of fused-ring (bicyclic) bond motifs is 1. The molecule has 8 nitrogen and oxygen atoms in total. The maximum absolute atomic E-state index is 11.5. The minimum absolute atomic E-state index is 0.609. The summed E-state index contributed by atoms with van der Waals surface area (Å²) in [6, 6.07) is 17.5. The summed E-state index contributed by atoms with van der Waals surface area (Å²) in [5, 5.41) is 4.86. The molecule has 2 aromatic carbocycles. The van der Waals surface area contributed by atoms with Crippen LogP contribution >= 0.6 is 11.6 Å². The molecule has 0 bridgehead atoms. The van der Waals surface area contributed by atoms with Crippen molar-refractivity contribution in [2.24, 2.45) is 7.05 Å². The maximum atomic E-state index is 11.5. The lowest BCUT2D eigenvalue weighted by Crippen LogP contribution is -2.31. The van der Waals surface area contributed by atoms with Gasteiger partial charge in [0.25, 0.3) is 0 Å². The highest BCUT2D eigenvalue weighted by Crippen LogP contribution is 2.46. The third-order valence-corrected chi connectivity index (χ3v) is 7.23. The van der Waals surface area contributed by atoms with E-state index in [9.17, 15) is 8.76 Å². The van der Waals surface area contributed by atoms with E-state index < -0.39 is 16.8 Å². The van der Waals surface area contributed by atoms with Crippen molar-refractivity contribution in [1.29, 1.82) is 0 Å². The molecule has 1 unspecified atom stereocenters. The van der Waals surface area contributed by atoms with Crippen LogP contribution in [-0.4, -0.2) is 33.1 Å². The topological polar surface area (TPSA) is 101 Å². The van der Waals surface area contributed by atoms with Gasteiger partial charge in [0.1, 0.15) is 12.1 Å². The molecule has 3 heterocycles. The normalized spacial score (nSPS) is 15.4. The average molecular weight is 504 g/mol. The summed E-state index contributed by atoms with van der Waals surface area (Å²) in [6.45, 7) is 0. The molecule has 10 heteroatoms. The fourth-order valence-electron chi connectivity index (χ4n) is 4.38. The minimum atomic E-state index is -2.41.